The third kappa shape index (κ3) is 1.65. The molecule has 3 aromatic rings. The maximum Gasteiger partial charge on any atom is 0.215 e. The monoisotopic (exact) mass is 263 g/mol. The first kappa shape index (κ1) is 10.5. The van der Waals surface area contributed by atoms with Crippen LogP contribution in [0.4, 0.5) is 0 Å². The number of benzene rings is 1. The molecule has 0 unspecified atom stereocenters. The summed E-state index contributed by atoms with van der Waals surface area (Å²) in [6, 6.07) is 7.88. The molecule has 1 N–H and O–H groups in total. The van der Waals surface area contributed by atoms with Crippen LogP contribution >= 0.6 is 23.6 Å². The van der Waals surface area contributed by atoms with Crippen molar-refractivity contribution in [1.82, 2.24) is 14.6 Å². The quantitative estimate of drug-likeness (QED) is 0.722. The number of hydrogen-bond acceptors (Lipinski definition) is 4. The summed E-state index contributed by atoms with van der Waals surface area (Å²) in [5.74, 6) is 0.844. The highest BCUT2D eigenvalue weighted by atomic mass is 32.1. The molecule has 0 fully saturated rings. The molecule has 86 valence electrons. The number of aromatic nitrogens is 3. The molecule has 0 saturated carbocycles. The van der Waals surface area contributed by atoms with E-state index in [0.29, 0.717) is 4.77 Å². The van der Waals surface area contributed by atoms with E-state index in [1.54, 1.807) is 18.4 Å². The van der Waals surface area contributed by atoms with E-state index in [-0.39, 0.29) is 0 Å². The number of thiazole rings is 1. The number of rotatable bonds is 2. The van der Waals surface area contributed by atoms with Gasteiger partial charge in [0.15, 0.2) is 0 Å². The Bertz CT molecular complexity index is 708. The number of methoxy groups -OCH3 is 1. The minimum atomic E-state index is 0.618. The van der Waals surface area contributed by atoms with Crippen LogP contribution in [0.15, 0.2) is 29.6 Å². The largest absolute Gasteiger partial charge is 0.497 e. The number of hydrogen-bond donors (Lipinski definition) is 1. The first-order valence-electron chi connectivity index (χ1n) is 4.98. The van der Waals surface area contributed by atoms with Gasteiger partial charge in [-0.3, -0.25) is 9.50 Å². The van der Waals surface area contributed by atoms with E-state index in [1.807, 2.05) is 34.0 Å². The SMILES string of the molecule is COc1ccc(-c2csc3n[nH]c(=S)n23)cc1. The average molecular weight is 263 g/mol. The highest BCUT2D eigenvalue weighted by Crippen LogP contribution is 2.26. The number of H-pyrrole nitrogens is 1. The van der Waals surface area contributed by atoms with Gasteiger partial charge in [0.25, 0.3) is 0 Å². The first-order chi connectivity index (χ1) is 8.29. The lowest BCUT2D eigenvalue weighted by Crippen LogP contribution is -1.87. The minimum absolute atomic E-state index is 0.618. The fourth-order valence-corrected chi connectivity index (χ4v) is 2.83. The third-order valence-corrected chi connectivity index (χ3v) is 3.64. The Balaban J connectivity index is 2.19. The molecule has 4 nitrogen and oxygen atoms in total. The fourth-order valence-electron chi connectivity index (χ4n) is 1.69. The predicted molar refractivity (Wildman–Crippen MR) is 70.2 cm³/mol. The van der Waals surface area contributed by atoms with Crippen molar-refractivity contribution in [2.24, 2.45) is 0 Å². The van der Waals surface area contributed by atoms with Crippen LogP contribution in [-0.4, -0.2) is 21.7 Å². The topological polar surface area (TPSA) is 42.3 Å². The molecule has 1 aromatic carbocycles. The smallest absolute Gasteiger partial charge is 0.215 e. The second-order valence-electron chi connectivity index (χ2n) is 3.50. The summed E-state index contributed by atoms with van der Waals surface area (Å²) in [4.78, 5) is 0.876. The number of aromatic amines is 1. The maximum absolute atomic E-state index is 5.20. The number of fused-ring (bicyclic) bond motifs is 1. The zero-order valence-electron chi connectivity index (χ0n) is 9.01. The van der Waals surface area contributed by atoms with Crippen molar-refractivity contribution in [2.75, 3.05) is 7.11 Å². The van der Waals surface area contributed by atoms with Gasteiger partial charge in [-0.1, -0.05) is 0 Å². The molecule has 2 aromatic heterocycles. The van der Waals surface area contributed by atoms with Crippen molar-refractivity contribution in [3.63, 3.8) is 0 Å². The summed E-state index contributed by atoms with van der Waals surface area (Å²) in [5, 5.41) is 8.98. The Kier molecular flexibility index (Phi) is 2.45. The molecule has 17 heavy (non-hydrogen) atoms. The molecule has 2 heterocycles. The van der Waals surface area contributed by atoms with Crippen LogP contribution in [0.1, 0.15) is 0 Å². The second-order valence-corrected chi connectivity index (χ2v) is 4.72. The molecule has 0 saturated heterocycles. The molecule has 6 heteroatoms. The molecule has 0 aliphatic heterocycles. The minimum Gasteiger partial charge on any atom is -0.497 e. The lowest BCUT2D eigenvalue weighted by Gasteiger charge is -2.02. The van der Waals surface area contributed by atoms with Crippen molar-refractivity contribution in [1.29, 1.82) is 0 Å². The number of nitrogens with one attached hydrogen (secondary N) is 1. The van der Waals surface area contributed by atoms with E-state index in [1.165, 1.54) is 0 Å². The Morgan fingerprint density at radius 3 is 2.82 bits per heavy atom. The van der Waals surface area contributed by atoms with E-state index in [9.17, 15) is 0 Å². The van der Waals surface area contributed by atoms with Gasteiger partial charge in [0, 0.05) is 5.38 Å². The molecule has 0 bridgehead atoms. The molecule has 0 radical (unpaired) electrons. The molecular formula is C11H9N3OS2. The lowest BCUT2D eigenvalue weighted by atomic mass is 10.2. The summed E-state index contributed by atoms with van der Waals surface area (Å²) >= 11 is 6.77. The van der Waals surface area contributed by atoms with Gasteiger partial charge in [-0.15, -0.1) is 16.4 Å². The van der Waals surface area contributed by atoms with E-state index < -0.39 is 0 Å². The van der Waals surface area contributed by atoms with E-state index >= 15 is 0 Å². The van der Waals surface area contributed by atoms with Crippen LogP contribution in [-0.2, 0) is 0 Å². The van der Waals surface area contributed by atoms with Gasteiger partial charge in [0.05, 0.1) is 12.8 Å². The van der Waals surface area contributed by atoms with Crippen molar-refractivity contribution in [3.05, 3.63) is 34.4 Å². The number of ether oxygens (including phenoxy) is 1. The van der Waals surface area contributed by atoms with Crippen LogP contribution in [0.5, 0.6) is 5.75 Å². The van der Waals surface area contributed by atoms with Crippen LogP contribution in [0.2, 0.25) is 0 Å². The standard InChI is InChI=1S/C11H9N3OS2/c1-15-8-4-2-7(3-5-8)9-6-17-11-13-12-10(16)14(9)11/h2-6H,1H3,(H,12,16). The van der Waals surface area contributed by atoms with Gasteiger partial charge in [-0.25, -0.2) is 0 Å². The van der Waals surface area contributed by atoms with Gasteiger partial charge in [-0.05, 0) is 42.0 Å². The van der Waals surface area contributed by atoms with E-state index in [4.69, 9.17) is 17.0 Å². The summed E-state index contributed by atoms with van der Waals surface area (Å²) in [6.45, 7) is 0. The van der Waals surface area contributed by atoms with Crippen molar-refractivity contribution in [3.8, 4) is 17.0 Å². The lowest BCUT2D eigenvalue weighted by molar-refractivity contribution is 0.415. The molecule has 0 atom stereocenters. The summed E-state index contributed by atoms with van der Waals surface area (Å²) < 4.78 is 7.69. The molecule has 0 spiro atoms. The fraction of sp³-hybridized carbons (Fsp3) is 0.0909. The molecule has 0 aliphatic carbocycles. The van der Waals surface area contributed by atoms with E-state index in [0.717, 1.165) is 22.0 Å². The summed E-state index contributed by atoms with van der Waals surface area (Å²) in [6.07, 6.45) is 0. The third-order valence-electron chi connectivity index (χ3n) is 2.54. The second kappa shape index (κ2) is 3.97. The molecule has 0 aliphatic rings. The highest BCUT2D eigenvalue weighted by molar-refractivity contribution is 7.71. The van der Waals surface area contributed by atoms with Crippen LogP contribution < -0.4 is 4.74 Å². The van der Waals surface area contributed by atoms with Crippen LogP contribution in [0.3, 0.4) is 0 Å². The Morgan fingerprint density at radius 2 is 2.12 bits per heavy atom. The molecular weight excluding hydrogens is 254 g/mol. The average Bonchev–Trinajstić information content (AvgIpc) is 2.93. The zero-order chi connectivity index (χ0) is 11.8. The van der Waals surface area contributed by atoms with Gasteiger partial charge in [-0.2, -0.15) is 0 Å². The van der Waals surface area contributed by atoms with Crippen LogP contribution in [0.25, 0.3) is 16.2 Å². The van der Waals surface area contributed by atoms with E-state index in [2.05, 4.69) is 10.2 Å². The van der Waals surface area contributed by atoms with Crippen molar-refractivity contribution in [2.45, 2.75) is 0 Å². The normalized spacial score (nSPS) is 10.9. The first-order valence-corrected chi connectivity index (χ1v) is 6.27. The van der Waals surface area contributed by atoms with Crippen LogP contribution in [0, 0.1) is 4.77 Å². The molecule has 3 rings (SSSR count). The van der Waals surface area contributed by atoms with Gasteiger partial charge in [0.2, 0.25) is 9.73 Å². The Hall–Kier alpha value is -1.66. The van der Waals surface area contributed by atoms with Crippen molar-refractivity contribution >= 4 is 28.5 Å². The Labute approximate surface area is 106 Å². The summed E-state index contributed by atoms with van der Waals surface area (Å²) in [5.41, 5.74) is 2.14. The number of nitrogens with zero attached hydrogens (tertiary/aromatic N) is 2. The van der Waals surface area contributed by atoms with Gasteiger partial charge in [0.1, 0.15) is 5.75 Å². The maximum atomic E-state index is 5.20. The Morgan fingerprint density at radius 1 is 1.35 bits per heavy atom. The van der Waals surface area contributed by atoms with Gasteiger partial charge < -0.3 is 4.74 Å². The van der Waals surface area contributed by atoms with Gasteiger partial charge >= 0.3 is 0 Å². The molecule has 0 amide bonds. The summed E-state index contributed by atoms with van der Waals surface area (Å²) in [7, 11) is 1.66. The highest BCUT2D eigenvalue weighted by Gasteiger charge is 2.08. The predicted octanol–water partition coefficient (Wildman–Crippen LogP) is 3.13. The van der Waals surface area contributed by atoms with Crippen molar-refractivity contribution < 1.29 is 4.74 Å². The zero-order valence-corrected chi connectivity index (χ0v) is 10.6.